The van der Waals surface area contributed by atoms with Gasteiger partial charge in [-0.3, -0.25) is 15.5 Å². The molecule has 0 aliphatic rings. The number of amidine groups is 1. The topological polar surface area (TPSA) is 102 Å². The minimum Gasteiger partial charge on any atom is -0.455 e. The Labute approximate surface area is 123 Å². The number of non-ortho nitro benzene ring substituents is 1. The van der Waals surface area contributed by atoms with Crippen molar-refractivity contribution < 1.29 is 9.66 Å². The average Bonchev–Trinajstić information content (AvgIpc) is 2.41. The lowest BCUT2D eigenvalue weighted by atomic mass is 10.2. The fraction of sp³-hybridized carbons (Fsp3) is 0. The van der Waals surface area contributed by atoms with Crippen molar-refractivity contribution in [3.8, 4) is 11.5 Å². The maximum absolute atomic E-state index is 10.8. The molecule has 0 amide bonds. The number of rotatable bonds is 4. The van der Waals surface area contributed by atoms with Crippen LogP contribution in [0.5, 0.6) is 11.5 Å². The fourth-order valence-corrected chi connectivity index (χ4v) is 1.91. The van der Waals surface area contributed by atoms with Crippen molar-refractivity contribution in [1.82, 2.24) is 0 Å². The van der Waals surface area contributed by atoms with Gasteiger partial charge in [0.2, 0.25) is 0 Å². The first-order valence-electron chi connectivity index (χ1n) is 5.54. The number of halogens is 1. The predicted molar refractivity (Wildman–Crippen MR) is 78.3 cm³/mol. The Hall–Kier alpha value is -2.41. The minimum atomic E-state index is -0.504. The first-order valence-corrected chi connectivity index (χ1v) is 6.33. The molecule has 2 aromatic carbocycles. The standard InChI is InChI=1S/C13H10BrN3O3/c14-10-6-5-8(17(18)19)7-12(10)20-11-4-2-1-3-9(11)13(15)16/h1-7H,(H3,15,16). The lowest BCUT2D eigenvalue weighted by Gasteiger charge is -2.11. The van der Waals surface area contributed by atoms with E-state index >= 15 is 0 Å². The molecule has 0 bridgehead atoms. The molecule has 7 heteroatoms. The monoisotopic (exact) mass is 335 g/mol. The van der Waals surface area contributed by atoms with E-state index in [2.05, 4.69) is 15.9 Å². The van der Waals surface area contributed by atoms with Crippen LogP contribution in [0.15, 0.2) is 46.9 Å². The van der Waals surface area contributed by atoms with E-state index in [1.165, 1.54) is 18.2 Å². The second kappa shape index (κ2) is 5.70. The number of para-hydroxylation sites is 1. The number of nitrogens with one attached hydrogen (secondary N) is 1. The van der Waals surface area contributed by atoms with Gasteiger partial charge in [-0.25, -0.2) is 0 Å². The number of benzene rings is 2. The summed E-state index contributed by atoms with van der Waals surface area (Å²) in [6.07, 6.45) is 0. The molecule has 3 N–H and O–H groups in total. The van der Waals surface area contributed by atoms with Gasteiger partial charge in [0.15, 0.2) is 0 Å². The maximum atomic E-state index is 10.8. The van der Waals surface area contributed by atoms with Gasteiger partial charge in [0.05, 0.1) is 21.0 Å². The smallest absolute Gasteiger partial charge is 0.273 e. The van der Waals surface area contributed by atoms with Gasteiger partial charge in [0.1, 0.15) is 17.3 Å². The summed E-state index contributed by atoms with van der Waals surface area (Å²) in [4.78, 5) is 10.3. The largest absolute Gasteiger partial charge is 0.455 e. The molecule has 2 aromatic rings. The summed E-state index contributed by atoms with van der Waals surface area (Å²) in [6, 6.07) is 10.9. The molecule has 0 aliphatic carbocycles. The molecule has 0 unspecified atom stereocenters. The number of nitrogen functional groups attached to an aromatic ring is 1. The Morgan fingerprint density at radius 3 is 2.60 bits per heavy atom. The number of hydrogen-bond donors (Lipinski definition) is 2. The van der Waals surface area contributed by atoms with Crippen molar-refractivity contribution in [1.29, 1.82) is 5.41 Å². The van der Waals surface area contributed by atoms with Crippen LogP contribution in [0.2, 0.25) is 0 Å². The van der Waals surface area contributed by atoms with Crippen LogP contribution >= 0.6 is 15.9 Å². The number of nitrogens with two attached hydrogens (primary N) is 1. The van der Waals surface area contributed by atoms with Crippen LogP contribution < -0.4 is 10.5 Å². The number of nitrogens with zero attached hydrogens (tertiary/aromatic N) is 1. The van der Waals surface area contributed by atoms with Gasteiger partial charge in [-0.1, -0.05) is 12.1 Å². The zero-order valence-electron chi connectivity index (χ0n) is 10.2. The molecule has 0 fully saturated rings. The van der Waals surface area contributed by atoms with Gasteiger partial charge in [-0.2, -0.15) is 0 Å². The second-order valence-corrected chi connectivity index (χ2v) is 4.74. The molecule has 0 heterocycles. The molecule has 102 valence electrons. The summed E-state index contributed by atoms with van der Waals surface area (Å²) in [7, 11) is 0. The third kappa shape index (κ3) is 2.94. The molecule has 20 heavy (non-hydrogen) atoms. The third-order valence-corrected chi connectivity index (χ3v) is 3.18. The molecule has 0 atom stereocenters. The third-order valence-electron chi connectivity index (χ3n) is 2.52. The highest BCUT2D eigenvalue weighted by atomic mass is 79.9. The molecule has 2 rings (SSSR count). The Balaban J connectivity index is 2.42. The fourth-order valence-electron chi connectivity index (χ4n) is 1.58. The van der Waals surface area contributed by atoms with E-state index in [1.54, 1.807) is 24.3 Å². The van der Waals surface area contributed by atoms with Crippen LogP contribution in [0.25, 0.3) is 0 Å². The van der Waals surface area contributed by atoms with Crippen LogP contribution in [0.1, 0.15) is 5.56 Å². The first-order chi connectivity index (χ1) is 9.49. The zero-order chi connectivity index (χ0) is 14.7. The van der Waals surface area contributed by atoms with Crippen molar-refractivity contribution in [2.45, 2.75) is 0 Å². The molecular formula is C13H10BrN3O3. The Kier molecular flexibility index (Phi) is 3.99. The van der Waals surface area contributed by atoms with E-state index < -0.39 is 4.92 Å². The lowest BCUT2D eigenvalue weighted by Crippen LogP contribution is -2.12. The van der Waals surface area contributed by atoms with Gasteiger partial charge in [0, 0.05) is 6.07 Å². The predicted octanol–water partition coefficient (Wildman–Crippen LogP) is 3.43. The Bertz CT molecular complexity index is 688. The summed E-state index contributed by atoms with van der Waals surface area (Å²) in [5, 5.41) is 18.3. The number of nitro benzene ring substituents is 1. The number of nitro groups is 1. The van der Waals surface area contributed by atoms with E-state index in [9.17, 15) is 10.1 Å². The number of ether oxygens (including phenoxy) is 1. The quantitative estimate of drug-likeness (QED) is 0.386. The normalized spacial score (nSPS) is 10.1. The highest BCUT2D eigenvalue weighted by molar-refractivity contribution is 9.10. The second-order valence-electron chi connectivity index (χ2n) is 3.88. The van der Waals surface area contributed by atoms with E-state index in [1.807, 2.05) is 0 Å². The van der Waals surface area contributed by atoms with Gasteiger partial charge in [-0.15, -0.1) is 0 Å². The summed E-state index contributed by atoms with van der Waals surface area (Å²) < 4.78 is 6.19. The first kappa shape index (κ1) is 14.0. The highest BCUT2D eigenvalue weighted by Crippen LogP contribution is 2.34. The average molecular weight is 336 g/mol. The summed E-state index contributed by atoms with van der Waals surface area (Å²) >= 11 is 3.27. The molecule has 6 nitrogen and oxygen atoms in total. The van der Waals surface area contributed by atoms with Crippen LogP contribution in [0.3, 0.4) is 0 Å². The van der Waals surface area contributed by atoms with Gasteiger partial charge in [-0.05, 0) is 34.1 Å². The van der Waals surface area contributed by atoms with Crippen LogP contribution in [-0.4, -0.2) is 10.8 Å². The molecule has 0 aromatic heterocycles. The molecule has 0 aliphatic heterocycles. The summed E-state index contributed by atoms with van der Waals surface area (Å²) in [5.74, 6) is 0.510. The summed E-state index contributed by atoms with van der Waals surface area (Å²) in [6.45, 7) is 0. The van der Waals surface area contributed by atoms with Crippen LogP contribution in [0.4, 0.5) is 5.69 Å². The lowest BCUT2D eigenvalue weighted by molar-refractivity contribution is -0.384. The maximum Gasteiger partial charge on any atom is 0.273 e. The Morgan fingerprint density at radius 2 is 1.95 bits per heavy atom. The van der Waals surface area contributed by atoms with E-state index in [0.717, 1.165) is 0 Å². The van der Waals surface area contributed by atoms with Gasteiger partial charge in [0.25, 0.3) is 5.69 Å². The van der Waals surface area contributed by atoms with Crippen molar-refractivity contribution >= 4 is 27.5 Å². The van der Waals surface area contributed by atoms with Crippen LogP contribution in [0, 0.1) is 15.5 Å². The minimum absolute atomic E-state index is 0.0801. The zero-order valence-corrected chi connectivity index (χ0v) is 11.8. The molecular weight excluding hydrogens is 326 g/mol. The Morgan fingerprint density at radius 1 is 1.25 bits per heavy atom. The molecule has 0 saturated carbocycles. The molecule has 0 saturated heterocycles. The van der Waals surface area contributed by atoms with Crippen molar-refractivity contribution in [2.24, 2.45) is 5.73 Å². The van der Waals surface area contributed by atoms with Gasteiger partial charge >= 0.3 is 0 Å². The van der Waals surface area contributed by atoms with Gasteiger partial charge < -0.3 is 10.5 Å². The van der Waals surface area contributed by atoms with Crippen LogP contribution in [-0.2, 0) is 0 Å². The molecule has 0 spiro atoms. The van der Waals surface area contributed by atoms with Crippen molar-refractivity contribution in [3.63, 3.8) is 0 Å². The van der Waals surface area contributed by atoms with Crippen molar-refractivity contribution in [3.05, 3.63) is 62.6 Å². The van der Waals surface area contributed by atoms with E-state index in [4.69, 9.17) is 15.9 Å². The van der Waals surface area contributed by atoms with Crippen molar-refractivity contribution in [2.75, 3.05) is 0 Å². The summed E-state index contributed by atoms with van der Waals surface area (Å²) in [5.41, 5.74) is 5.81. The van der Waals surface area contributed by atoms with E-state index in [-0.39, 0.29) is 17.3 Å². The highest BCUT2D eigenvalue weighted by Gasteiger charge is 2.13. The van der Waals surface area contributed by atoms with E-state index in [0.29, 0.717) is 15.8 Å². The molecule has 0 radical (unpaired) electrons. The SMILES string of the molecule is N=C(N)c1ccccc1Oc1cc([N+](=O)[O-])ccc1Br. The number of hydrogen-bond acceptors (Lipinski definition) is 4.